The van der Waals surface area contributed by atoms with Gasteiger partial charge in [-0.15, -0.1) is 0 Å². The summed E-state index contributed by atoms with van der Waals surface area (Å²) < 4.78 is 27.5. The first-order chi connectivity index (χ1) is 9.83. The van der Waals surface area contributed by atoms with Crippen LogP contribution in [0.25, 0.3) is 0 Å². The van der Waals surface area contributed by atoms with E-state index in [0.29, 0.717) is 17.8 Å². The summed E-state index contributed by atoms with van der Waals surface area (Å²) in [6.07, 6.45) is 0.783. The lowest BCUT2D eigenvalue weighted by Gasteiger charge is -2.18. The number of hydrogen-bond donors (Lipinski definition) is 2. The lowest BCUT2D eigenvalue weighted by molar-refractivity contribution is 0.300. The fourth-order valence-corrected chi connectivity index (χ4v) is 3.79. The minimum atomic E-state index is -3.55. The molecule has 0 atom stereocenters. The Morgan fingerprint density at radius 3 is 2.38 bits per heavy atom. The average molecular weight is 313 g/mol. The number of sulfonamides is 1. The van der Waals surface area contributed by atoms with Crippen molar-refractivity contribution in [1.29, 1.82) is 0 Å². The minimum Gasteiger partial charge on any atom is -0.398 e. The Morgan fingerprint density at radius 2 is 1.81 bits per heavy atom. The van der Waals surface area contributed by atoms with Crippen molar-refractivity contribution in [3.63, 3.8) is 0 Å². The second-order valence-corrected chi connectivity index (χ2v) is 6.91. The van der Waals surface area contributed by atoms with Crippen LogP contribution in [0.1, 0.15) is 31.4 Å². The molecule has 21 heavy (non-hydrogen) atoms. The number of nitrogens with two attached hydrogens (primary N) is 1. The lowest BCUT2D eigenvalue weighted by Crippen LogP contribution is -2.30. The third-order valence-electron chi connectivity index (χ3n) is 3.81. The van der Waals surface area contributed by atoms with Gasteiger partial charge in [-0.3, -0.25) is 0 Å². The molecule has 0 fully saturated rings. The molecule has 1 aromatic carbocycles. The highest BCUT2D eigenvalue weighted by Crippen LogP contribution is 2.24. The van der Waals surface area contributed by atoms with Gasteiger partial charge in [0.05, 0.1) is 5.69 Å². The van der Waals surface area contributed by atoms with Gasteiger partial charge in [0.1, 0.15) is 4.90 Å². The first-order valence-corrected chi connectivity index (χ1v) is 8.89. The number of nitrogen functional groups attached to an aromatic ring is 1. The van der Waals surface area contributed by atoms with E-state index >= 15 is 0 Å². The number of hydrogen-bond acceptors (Lipinski definition) is 4. The van der Waals surface area contributed by atoms with Crippen molar-refractivity contribution in [2.45, 2.75) is 39.0 Å². The van der Waals surface area contributed by atoms with Crippen molar-refractivity contribution in [3.05, 3.63) is 23.3 Å². The molecule has 0 saturated heterocycles. The van der Waals surface area contributed by atoms with E-state index in [1.54, 1.807) is 13.0 Å². The van der Waals surface area contributed by atoms with Crippen LogP contribution in [0.3, 0.4) is 0 Å². The van der Waals surface area contributed by atoms with Crippen molar-refractivity contribution in [2.75, 3.05) is 31.9 Å². The fraction of sp³-hybridized carbons (Fsp3) is 0.600. The van der Waals surface area contributed by atoms with Gasteiger partial charge in [-0.2, -0.15) is 0 Å². The highest BCUT2D eigenvalue weighted by molar-refractivity contribution is 7.89. The van der Waals surface area contributed by atoms with E-state index in [0.717, 1.165) is 31.6 Å². The van der Waals surface area contributed by atoms with E-state index in [-0.39, 0.29) is 4.90 Å². The van der Waals surface area contributed by atoms with Crippen LogP contribution in [-0.2, 0) is 10.0 Å². The molecule has 0 unspecified atom stereocenters. The molecule has 3 N–H and O–H groups in total. The number of aryl methyl sites for hydroxylation is 1. The molecule has 5 nitrogen and oxygen atoms in total. The minimum absolute atomic E-state index is 0.213. The van der Waals surface area contributed by atoms with Crippen LogP contribution in [0.5, 0.6) is 0 Å². The van der Waals surface area contributed by atoms with Crippen LogP contribution >= 0.6 is 0 Å². The van der Waals surface area contributed by atoms with E-state index in [4.69, 9.17) is 5.73 Å². The second-order valence-electron chi connectivity index (χ2n) is 5.20. The number of benzene rings is 1. The van der Waals surface area contributed by atoms with Crippen molar-refractivity contribution in [3.8, 4) is 0 Å². The summed E-state index contributed by atoms with van der Waals surface area (Å²) in [4.78, 5) is 2.48. The molecule has 0 aliphatic rings. The molecule has 1 rings (SSSR count). The normalized spacial score (nSPS) is 12.0. The largest absolute Gasteiger partial charge is 0.398 e. The zero-order chi connectivity index (χ0) is 16.0. The number of nitrogens with one attached hydrogen (secondary N) is 1. The molecule has 0 aromatic heterocycles. The van der Waals surface area contributed by atoms with Gasteiger partial charge in [-0.1, -0.05) is 19.9 Å². The van der Waals surface area contributed by atoms with Gasteiger partial charge in [0.15, 0.2) is 0 Å². The maximum Gasteiger partial charge on any atom is 0.242 e. The highest BCUT2D eigenvalue weighted by atomic mass is 32.2. The Balaban J connectivity index is 2.73. The van der Waals surface area contributed by atoms with Crippen molar-refractivity contribution in [1.82, 2.24) is 9.62 Å². The highest BCUT2D eigenvalue weighted by Gasteiger charge is 2.20. The van der Waals surface area contributed by atoms with Gasteiger partial charge >= 0.3 is 0 Å². The maximum atomic E-state index is 12.4. The lowest BCUT2D eigenvalue weighted by atomic mass is 10.1. The van der Waals surface area contributed by atoms with Gasteiger partial charge in [0.25, 0.3) is 0 Å². The molecule has 6 heteroatoms. The van der Waals surface area contributed by atoms with Gasteiger partial charge in [-0.05, 0) is 57.1 Å². The molecule has 0 aliphatic heterocycles. The molecule has 0 radical (unpaired) electrons. The Kier molecular flexibility index (Phi) is 6.64. The van der Waals surface area contributed by atoms with Crippen molar-refractivity contribution < 1.29 is 8.42 Å². The zero-order valence-electron chi connectivity index (χ0n) is 13.4. The second kappa shape index (κ2) is 7.77. The molecule has 1 aromatic rings. The quantitative estimate of drug-likeness (QED) is 0.568. The third-order valence-corrected chi connectivity index (χ3v) is 5.48. The average Bonchev–Trinajstić information content (AvgIpc) is 2.43. The van der Waals surface area contributed by atoms with Crippen LogP contribution in [0.2, 0.25) is 0 Å². The van der Waals surface area contributed by atoms with Gasteiger partial charge in [-0.25, -0.2) is 13.1 Å². The van der Waals surface area contributed by atoms with E-state index in [1.165, 1.54) is 0 Å². The Labute approximate surface area is 128 Å². The summed E-state index contributed by atoms with van der Waals surface area (Å²) in [5.74, 6) is 0. The molecule has 0 spiro atoms. The SMILES string of the molecule is CCN(CC)CCCNS(=O)(=O)c1c(N)ccc(C)c1C. The van der Waals surface area contributed by atoms with E-state index < -0.39 is 10.0 Å². The van der Waals surface area contributed by atoms with Crippen LogP contribution < -0.4 is 10.5 Å². The first-order valence-electron chi connectivity index (χ1n) is 7.41. The Morgan fingerprint density at radius 1 is 1.19 bits per heavy atom. The number of nitrogens with zero attached hydrogens (tertiary/aromatic N) is 1. The number of anilines is 1. The molecule has 0 saturated carbocycles. The molecule has 0 aliphatic carbocycles. The van der Waals surface area contributed by atoms with Crippen molar-refractivity contribution in [2.24, 2.45) is 0 Å². The van der Waals surface area contributed by atoms with E-state index in [1.807, 2.05) is 13.0 Å². The zero-order valence-corrected chi connectivity index (χ0v) is 14.3. The topological polar surface area (TPSA) is 75.4 Å². The molecule has 0 heterocycles. The third kappa shape index (κ3) is 4.69. The monoisotopic (exact) mass is 313 g/mol. The van der Waals surface area contributed by atoms with Crippen molar-refractivity contribution >= 4 is 15.7 Å². The smallest absolute Gasteiger partial charge is 0.242 e. The standard InChI is InChI=1S/C15H27N3O2S/c1-5-18(6-2)11-7-10-17-21(19,20)15-13(4)12(3)8-9-14(15)16/h8-9,17H,5-7,10-11,16H2,1-4H3. The predicted octanol–water partition coefficient (Wildman–Crippen LogP) is 1.90. The van der Waals surface area contributed by atoms with E-state index in [2.05, 4.69) is 23.5 Å². The predicted molar refractivity (Wildman–Crippen MR) is 87.9 cm³/mol. The van der Waals surface area contributed by atoms with Crippen LogP contribution in [-0.4, -0.2) is 39.5 Å². The van der Waals surface area contributed by atoms with Crippen LogP contribution in [0.15, 0.2) is 17.0 Å². The van der Waals surface area contributed by atoms with Gasteiger partial charge in [0, 0.05) is 6.54 Å². The summed E-state index contributed by atoms with van der Waals surface area (Å²) >= 11 is 0. The van der Waals surface area contributed by atoms with E-state index in [9.17, 15) is 8.42 Å². The molecule has 0 amide bonds. The molecular weight excluding hydrogens is 286 g/mol. The molecular formula is C15H27N3O2S. The fourth-order valence-electron chi connectivity index (χ4n) is 2.29. The van der Waals surface area contributed by atoms with Gasteiger partial charge < -0.3 is 10.6 Å². The molecule has 0 bridgehead atoms. The Bertz CT molecular complexity index is 567. The first kappa shape index (κ1) is 17.9. The molecule has 120 valence electrons. The maximum absolute atomic E-state index is 12.4. The number of rotatable bonds is 8. The Hall–Kier alpha value is -1.11. The summed E-state index contributed by atoms with van der Waals surface area (Å²) in [7, 11) is -3.55. The van der Waals surface area contributed by atoms with Gasteiger partial charge in [0.2, 0.25) is 10.0 Å². The summed E-state index contributed by atoms with van der Waals surface area (Å²) in [6.45, 7) is 11.1. The van der Waals surface area contributed by atoms with Crippen LogP contribution in [0.4, 0.5) is 5.69 Å². The summed E-state index contributed by atoms with van der Waals surface area (Å²) in [5, 5.41) is 0. The van der Waals surface area contributed by atoms with Crippen LogP contribution in [0, 0.1) is 13.8 Å². The summed E-state index contributed by atoms with van der Waals surface area (Å²) in [6, 6.07) is 3.48. The summed E-state index contributed by atoms with van der Waals surface area (Å²) in [5.41, 5.74) is 7.78.